The highest BCUT2D eigenvalue weighted by Gasteiger charge is 2.28. The number of ether oxygens (including phenoxy) is 1. The smallest absolute Gasteiger partial charge is 0.408 e. The number of nitrogens with zero attached hydrogens (tertiary/aromatic N) is 3. The van der Waals surface area contributed by atoms with Gasteiger partial charge in [-0.25, -0.2) is 0 Å². The van der Waals surface area contributed by atoms with Gasteiger partial charge in [-0.05, 0) is 11.6 Å². The third-order valence-corrected chi connectivity index (χ3v) is 2.86. The zero-order valence-electron chi connectivity index (χ0n) is 11.2. The molecule has 7 heteroatoms. The second-order valence-corrected chi connectivity index (χ2v) is 4.40. The number of halogens is 3. The summed E-state index contributed by atoms with van der Waals surface area (Å²) in [5.74, 6) is 0.526. The maximum Gasteiger partial charge on any atom is 0.408 e. The first-order chi connectivity index (χ1) is 9.93. The van der Waals surface area contributed by atoms with Crippen LogP contribution in [0.25, 0.3) is 11.1 Å². The van der Waals surface area contributed by atoms with Gasteiger partial charge in [0, 0.05) is 17.3 Å². The Labute approximate surface area is 119 Å². The molecule has 0 atom stereocenters. The first kappa shape index (κ1) is 14.9. The molecule has 1 heterocycles. The molecule has 4 nitrogen and oxygen atoms in total. The zero-order valence-corrected chi connectivity index (χ0v) is 11.2. The molecule has 1 aromatic heterocycles. The summed E-state index contributed by atoms with van der Waals surface area (Å²) < 4.78 is 42.9. The summed E-state index contributed by atoms with van der Waals surface area (Å²) in [6, 6.07) is 7.16. The summed E-state index contributed by atoms with van der Waals surface area (Å²) in [4.78, 5) is 0. The summed E-state index contributed by atoms with van der Waals surface area (Å²) in [6.07, 6.45) is -1.41. The SMILES string of the molecule is COc1cc(-c2cnn(CC(F)(F)F)c2)ccc1CC#N. The minimum atomic E-state index is -4.31. The van der Waals surface area contributed by atoms with Crippen LogP contribution in [0, 0.1) is 11.3 Å². The van der Waals surface area contributed by atoms with Gasteiger partial charge in [0.2, 0.25) is 0 Å². The Kier molecular flexibility index (Phi) is 4.17. The number of hydrogen-bond acceptors (Lipinski definition) is 3. The number of aromatic nitrogens is 2. The molecule has 0 unspecified atom stereocenters. The molecular weight excluding hydrogens is 283 g/mol. The minimum absolute atomic E-state index is 0.205. The van der Waals surface area contributed by atoms with Crippen LogP contribution in [-0.4, -0.2) is 23.1 Å². The molecular formula is C14H12F3N3O. The van der Waals surface area contributed by atoms with E-state index in [-0.39, 0.29) is 6.42 Å². The lowest BCUT2D eigenvalue weighted by atomic mass is 10.0. The lowest BCUT2D eigenvalue weighted by molar-refractivity contribution is -0.142. The van der Waals surface area contributed by atoms with Crippen LogP contribution in [0.3, 0.4) is 0 Å². The quantitative estimate of drug-likeness (QED) is 0.870. The molecule has 0 aliphatic rings. The van der Waals surface area contributed by atoms with Gasteiger partial charge in [-0.2, -0.15) is 23.5 Å². The van der Waals surface area contributed by atoms with Gasteiger partial charge in [-0.15, -0.1) is 0 Å². The largest absolute Gasteiger partial charge is 0.496 e. The molecule has 110 valence electrons. The first-order valence-corrected chi connectivity index (χ1v) is 6.06. The molecule has 0 radical (unpaired) electrons. The summed E-state index contributed by atoms with van der Waals surface area (Å²) in [5.41, 5.74) is 1.97. The van der Waals surface area contributed by atoms with Crippen molar-refractivity contribution >= 4 is 0 Å². The average Bonchev–Trinajstić information content (AvgIpc) is 2.85. The highest BCUT2D eigenvalue weighted by molar-refractivity contribution is 5.65. The summed E-state index contributed by atoms with van der Waals surface area (Å²) in [7, 11) is 1.48. The van der Waals surface area contributed by atoms with Crippen LogP contribution in [0.1, 0.15) is 5.56 Å². The highest BCUT2D eigenvalue weighted by Crippen LogP contribution is 2.28. The van der Waals surface area contributed by atoms with Crippen LogP contribution in [0.4, 0.5) is 13.2 Å². The zero-order chi connectivity index (χ0) is 15.5. The minimum Gasteiger partial charge on any atom is -0.496 e. The number of rotatable bonds is 4. The maximum absolute atomic E-state index is 12.3. The number of benzene rings is 1. The van der Waals surface area contributed by atoms with Gasteiger partial charge in [-0.1, -0.05) is 12.1 Å². The van der Waals surface area contributed by atoms with Gasteiger partial charge in [-0.3, -0.25) is 4.68 Å². The molecule has 0 saturated carbocycles. The molecule has 0 aliphatic heterocycles. The van der Waals surface area contributed by atoms with E-state index in [1.807, 2.05) is 6.07 Å². The molecule has 0 N–H and O–H groups in total. The van der Waals surface area contributed by atoms with Crippen molar-refractivity contribution in [2.75, 3.05) is 7.11 Å². The van der Waals surface area contributed by atoms with Crippen LogP contribution in [-0.2, 0) is 13.0 Å². The highest BCUT2D eigenvalue weighted by atomic mass is 19.4. The van der Waals surface area contributed by atoms with Crippen LogP contribution >= 0.6 is 0 Å². The van der Waals surface area contributed by atoms with E-state index in [0.29, 0.717) is 16.9 Å². The first-order valence-electron chi connectivity index (χ1n) is 6.06. The van der Waals surface area contributed by atoms with Gasteiger partial charge in [0.25, 0.3) is 0 Å². The molecule has 2 aromatic rings. The standard InChI is InChI=1S/C14H12F3N3O/c1-21-13-6-11(3-2-10(13)4-5-18)12-7-19-20(8-12)9-14(15,16)17/h2-3,6-8H,4,9H2,1H3. The van der Waals surface area contributed by atoms with E-state index in [0.717, 1.165) is 10.2 Å². The summed E-state index contributed by atoms with van der Waals surface area (Å²) >= 11 is 0. The monoisotopic (exact) mass is 295 g/mol. The van der Waals surface area contributed by atoms with E-state index in [2.05, 4.69) is 5.10 Å². The topological polar surface area (TPSA) is 50.8 Å². The van der Waals surface area contributed by atoms with E-state index in [1.54, 1.807) is 18.2 Å². The van der Waals surface area contributed by atoms with E-state index in [4.69, 9.17) is 10.00 Å². The molecule has 0 aliphatic carbocycles. The van der Waals surface area contributed by atoms with Crippen LogP contribution < -0.4 is 4.74 Å². The normalized spacial score (nSPS) is 11.2. The fourth-order valence-corrected chi connectivity index (χ4v) is 1.94. The Hall–Kier alpha value is -2.49. The van der Waals surface area contributed by atoms with Crippen molar-refractivity contribution < 1.29 is 17.9 Å². The third kappa shape index (κ3) is 3.75. The van der Waals surface area contributed by atoms with E-state index in [1.165, 1.54) is 19.5 Å². The molecule has 21 heavy (non-hydrogen) atoms. The summed E-state index contributed by atoms with van der Waals surface area (Å²) in [5, 5.41) is 12.4. The number of methoxy groups -OCH3 is 1. The van der Waals surface area contributed by atoms with Crippen molar-refractivity contribution in [3.05, 3.63) is 36.2 Å². The van der Waals surface area contributed by atoms with E-state index >= 15 is 0 Å². The Bertz CT molecular complexity index is 671. The van der Waals surface area contributed by atoms with E-state index in [9.17, 15) is 13.2 Å². The van der Waals surface area contributed by atoms with Crippen LogP contribution in [0.5, 0.6) is 5.75 Å². The number of alkyl halides is 3. The van der Waals surface area contributed by atoms with E-state index < -0.39 is 12.7 Å². The fraction of sp³-hybridized carbons (Fsp3) is 0.286. The Balaban J connectivity index is 2.28. The van der Waals surface area contributed by atoms with Gasteiger partial charge in [0.15, 0.2) is 0 Å². The van der Waals surface area contributed by atoms with Crippen molar-refractivity contribution in [3.63, 3.8) is 0 Å². The Morgan fingerprint density at radius 3 is 2.71 bits per heavy atom. The van der Waals surface area contributed by atoms with Crippen molar-refractivity contribution in [1.29, 1.82) is 5.26 Å². The molecule has 0 fully saturated rings. The summed E-state index contributed by atoms with van der Waals surface area (Å²) in [6.45, 7) is -1.13. The van der Waals surface area contributed by atoms with Crippen molar-refractivity contribution in [1.82, 2.24) is 9.78 Å². The van der Waals surface area contributed by atoms with Gasteiger partial charge < -0.3 is 4.74 Å². The van der Waals surface area contributed by atoms with Gasteiger partial charge >= 0.3 is 6.18 Å². The molecule has 0 saturated heterocycles. The average molecular weight is 295 g/mol. The molecule has 0 amide bonds. The van der Waals surface area contributed by atoms with Crippen molar-refractivity contribution in [2.24, 2.45) is 0 Å². The predicted molar refractivity (Wildman–Crippen MR) is 69.6 cm³/mol. The van der Waals surface area contributed by atoms with Gasteiger partial charge in [0.05, 0.1) is 25.8 Å². The Morgan fingerprint density at radius 1 is 1.33 bits per heavy atom. The molecule has 0 spiro atoms. The molecule has 1 aromatic carbocycles. The van der Waals surface area contributed by atoms with Crippen LogP contribution in [0.15, 0.2) is 30.6 Å². The second kappa shape index (κ2) is 5.87. The number of hydrogen-bond donors (Lipinski definition) is 0. The number of nitriles is 1. The maximum atomic E-state index is 12.3. The predicted octanol–water partition coefficient (Wildman–Crippen LogP) is 3.19. The molecule has 0 bridgehead atoms. The lowest BCUT2D eigenvalue weighted by Crippen LogP contribution is -2.17. The lowest BCUT2D eigenvalue weighted by Gasteiger charge is -2.08. The van der Waals surface area contributed by atoms with Gasteiger partial charge in [0.1, 0.15) is 12.3 Å². The fourth-order valence-electron chi connectivity index (χ4n) is 1.94. The third-order valence-electron chi connectivity index (χ3n) is 2.86. The second-order valence-electron chi connectivity index (χ2n) is 4.40. The van der Waals surface area contributed by atoms with Crippen molar-refractivity contribution in [2.45, 2.75) is 19.1 Å². The van der Waals surface area contributed by atoms with Crippen molar-refractivity contribution in [3.8, 4) is 22.9 Å². The molecule has 2 rings (SSSR count). The Morgan fingerprint density at radius 2 is 2.10 bits per heavy atom. The van der Waals surface area contributed by atoms with Crippen LogP contribution in [0.2, 0.25) is 0 Å².